The zero-order valence-corrected chi connectivity index (χ0v) is 16.5. The van der Waals surface area contributed by atoms with Gasteiger partial charge in [0.25, 0.3) is 0 Å². The summed E-state index contributed by atoms with van der Waals surface area (Å²) in [5.41, 5.74) is 4.18. The van der Waals surface area contributed by atoms with Gasteiger partial charge in [0, 0.05) is 24.2 Å². The molecule has 0 radical (unpaired) electrons. The number of fused-ring (bicyclic) bond motifs is 3. The van der Waals surface area contributed by atoms with Crippen molar-refractivity contribution in [2.45, 2.75) is 44.3 Å². The van der Waals surface area contributed by atoms with Gasteiger partial charge in [-0.05, 0) is 47.2 Å². The van der Waals surface area contributed by atoms with Crippen molar-refractivity contribution in [2.75, 3.05) is 7.11 Å². The first kappa shape index (κ1) is 17.5. The van der Waals surface area contributed by atoms with Gasteiger partial charge in [0.15, 0.2) is 0 Å². The highest BCUT2D eigenvalue weighted by molar-refractivity contribution is 5.97. The summed E-state index contributed by atoms with van der Waals surface area (Å²) in [5, 5.41) is 2.60. The Kier molecular flexibility index (Phi) is 4.66. The second-order valence-corrected chi connectivity index (χ2v) is 8.07. The first-order valence-corrected chi connectivity index (χ1v) is 10.4. The molecule has 0 aromatic heterocycles. The Morgan fingerprint density at radius 1 is 0.929 bits per heavy atom. The van der Waals surface area contributed by atoms with Crippen LogP contribution in [-0.2, 0) is 6.54 Å². The van der Waals surface area contributed by atoms with Crippen LogP contribution in [0, 0.1) is 0 Å². The average Bonchev–Trinajstić information content (AvgIpc) is 2.73. The van der Waals surface area contributed by atoms with Crippen molar-refractivity contribution >= 4 is 16.3 Å². The van der Waals surface area contributed by atoms with Crippen LogP contribution in [0.15, 0.2) is 72.8 Å². The second kappa shape index (κ2) is 7.44. The molecule has 0 N–H and O–H groups in total. The molecule has 2 heteroatoms. The van der Waals surface area contributed by atoms with E-state index in [1.807, 2.05) is 0 Å². The molecule has 3 aromatic carbocycles. The van der Waals surface area contributed by atoms with Crippen LogP contribution in [0.5, 0.6) is 5.75 Å². The van der Waals surface area contributed by atoms with Gasteiger partial charge >= 0.3 is 0 Å². The predicted octanol–water partition coefficient (Wildman–Crippen LogP) is 6.06. The van der Waals surface area contributed by atoms with Crippen LogP contribution in [0.1, 0.15) is 36.8 Å². The highest BCUT2D eigenvalue weighted by Gasteiger charge is 2.35. The van der Waals surface area contributed by atoms with Gasteiger partial charge in [0.1, 0.15) is 5.75 Å². The number of methoxy groups -OCH3 is 1. The van der Waals surface area contributed by atoms with Gasteiger partial charge in [-0.15, -0.1) is 0 Å². The minimum absolute atomic E-state index is 0.520. The van der Waals surface area contributed by atoms with Gasteiger partial charge in [-0.25, -0.2) is 0 Å². The van der Waals surface area contributed by atoms with Crippen molar-refractivity contribution in [3.63, 3.8) is 0 Å². The molecule has 1 fully saturated rings. The van der Waals surface area contributed by atoms with E-state index >= 15 is 0 Å². The largest absolute Gasteiger partial charge is 0.496 e. The Hall–Kier alpha value is -2.58. The Morgan fingerprint density at radius 3 is 2.57 bits per heavy atom. The minimum Gasteiger partial charge on any atom is -0.496 e. The molecule has 2 nitrogen and oxygen atoms in total. The van der Waals surface area contributed by atoms with Gasteiger partial charge in [-0.1, -0.05) is 73.2 Å². The van der Waals surface area contributed by atoms with Crippen molar-refractivity contribution in [1.29, 1.82) is 0 Å². The van der Waals surface area contributed by atoms with Gasteiger partial charge in [-0.3, -0.25) is 4.90 Å². The Bertz CT molecular complexity index is 1010. The molecule has 2 bridgehead atoms. The van der Waals surface area contributed by atoms with Crippen molar-refractivity contribution in [1.82, 2.24) is 4.90 Å². The summed E-state index contributed by atoms with van der Waals surface area (Å²) < 4.78 is 5.80. The van der Waals surface area contributed by atoms with Crippen LogP contribution in [0.4, 0.5) is 0 Å². The molecule has 0 amide bonds. The number of ether oxygens (including phenoxy) is 1. The van der Waals surface area contributed by atoms with Crippen molar-refractivity contribution in [3.05, 3.63) is 83.9 Å². The molecular formula is C26H27NO. The summed E-state index contributed by atoms with van der Waals surface area (Å²) in [6.45, 7) is 1.05. The lowest BCUT2D eigenvalue weighted by Crippen LogP contribution is -2.47. The van der Waals surface area contributed by atoms with Gasteiger partial charge in [0.05, 0.1) is 7.11 Å². The molecule has 2 atom stereocenters. The molecule has 2 heterocycles. The highest BCUT2D eigenvalue weighted by atomic mass is 16.5. The second-order valence-electron chi connectivity index (χ2n) is 8.07. The van der Waals surface area contributed by atoms with Gasteiger partial charge in [0.2, 0.25) is 0 Å². The third-order valence-electron chi connectivity index (χ3n) is 6.42. The highest BCUT2D eigenvalue weighted by Crippen LogP contribution is 2.42. The summed E-state index contributed by atoms with van der Waals surface area (Å²) >= 11 is 0. The zero-order valence-electron chi connectivity index (χ0n) is 16.5. The van der Waals surface area contributed by atoms with Gasteiger partial charge < -0.3 is 4.74 Å². The molecule has 1 saturated heterocycles. The fourth-order valence-corrected chi connectivity index (χ4v) is 5.10. The van der Waals surface area contributed by atoms with Crippen molar-refractivity contribution < 1.29 is 4.74 Å². The van der Waals surface area contributed by atoms with Crippen LogP contribution in [-0.4, -0.2) is 24.1 Å². The molecule has 2 aliphatic heterocycles. The number of rotatable bonds is 4. The topological polar surface area (TPSA) is 12.5 Å². The molecular weight excluding hydrogens is 342 g/mol. The van der Waals surface area contributed by atoms with E-state index in [0.29, 0.717) is 12.1 Å². The molecule has 3 aromatic rings. The van der Waals surface area contributed by atoms with Crippen LogP contribution in [0.25, 0.3) is 16.3 Å². The summed E-state index contributed by atoms with van der Waals surface area (Å²) in [4.78, 5) is 2.72. The normalized spacial score (nSPS) is 22.1. The summed E-state index contributed by atoms with van der Waals surface area (Å²) in [6, 6.07) is 25.0. The SMILES string of the molecule is COc1ccc2ccccc2c1C1=CC2CCCC(C1)N2Cc1ccccc1. The Balaban J connectivity index is 1.55. The Morgan fingerprint density at radius 2 is 1.75 bits per heavy atom. The quantitative estimate of drug-likeness (QED) is 0.554. The number of benzene rings is 3. The maximum Gasteiger partial charge on any atom is 0.126 e. The van der Waals surface area contributed by atoms with E-state index in [-0.39, 0.29) is 0 Å². The molecule has 2 aliphatic rings. The lowest BCUT2D eigenvalue weighted by atomic mass is 9.81. The third kappa shape index (κ3) is 3.12. The van der Waals surface area contributed by atoms with E-state index in [4.69, 9.17) is 4.74 Å². The van der Waals surface area contributed by atoms with Crippen LogP contribution in [0.2, 0.25) is 0 Å². The van der Waals surface area contributed by atoms with E-state index < -0.39 is 0 Å². The van der Waals surface area contributed by atoms with Gasteiger partial charge in [-0.2, -0.15) is 0 Å². The van der Waals surface area contributed by atoms with E-state index in [1.165, 1.54) is 46.7 Å². The fourth-order valence-electron chi connectivity index (χ4n) is 5.10. The number of hydrogen-bond donors (Lipinski definition) is 0. The first-order valence-electron chi connectivity index (χ1n) is 10.4. The van der Waals surface area contributed by atoms with E-state index in [0.717, 1.165) is 18.7 Å². The van der Waals surface area contributed by atoms with Crippen LogP contribution < -0.4 is 4.74 Å². The number of nitrogens with zero attached hydrogens (tertiary/aromatic N) is 1. The van der Waals surface area contributed by atoms with E-state index in [9.17, 15) is 0 Å². The zero-order chi connectivity index (χ0) is 18.9. The third-order valence-corrected chi connectivity index (χ3v) is 6.42. The van der Waals surface area contributed by atoms with Crippen LogP contribution >= 0.6 is 0 Å². The van der Waals surface area contributed by atoms with Crippen molar-refractivity contribution in [3.8, 4) is 5.75 Å². The average molecular weight is 370 g/mol. The fraction of sp³-hybridized carbons (Fsp3) is 0.308. The van der Waals surface area contributed by atoms with E-state index in [1.54, 1.807) is 7.11 Å². The maximum atomic E-state index is 5.80. The molecule has 0 saturated carbocycles. The first-order chi connectivity index (χ1) is 13.8. The van der Waals surface area contributed by atoms with E-state index in [2.05, 4.69) is 77.7 Å². The van der Waals surface area contributed by atoms with Crippen molar-refractivity contribution in [2.24, 2.45) is 0 Å². The summed E-state index contributed by atoms with van der Waals surface area (Å²) in [5.74, 6) is 1.000. The molecule has 28 heavy (non-hydrogen) atoms. The lowest BCUT2D eigenvalue weighted by Gasteiger charge is -2.45. The smallest absolute Gasteiger partial charge is 0.126 e. The summed E-state index contributed by atoms with van der Waals surface area (Å²) in [6.07, 6.45) is 7.50. The number of hydrogen-bond acceptors (Lipinski definition) is 2. The standard InChI is InChI=1S/C26H27NO/c1-28-25-15-14-20-10-5-6-13-24(20)26(25)21-16-22-11-7-12-23(17-21)27(22)18-19-8-3-2-4-9-19/h2-6,8-10,13-16,22-23H,7,11-12,17-18H2,1H3. The molecule has 5 rings (SSSR count). The maximum absolute atomic E-state index is 5.80. The molecule has 2 unspecified atom stereocenters. The molecule has 142 valence electrons. The number of piperidine rings is 1. The molecule has 0 spiro atoms. The van der Waals surface area contributed by atoms with Crippen LogP contribution in [0.3, 0.4) is 0 Å². The predicted molar refractivity (Wildman–Crippen MR) is 117 cm³/mol. The molecule has 0 aliphatic carbocycles. The Labute approximate surface area is 167 Å². The lowest BCUT2D eigenvalue weighted by molar-refractivity contribution is 0.0951. The minimum atomic E-state index is 0.520. The monoisotopic (exact) mass is 369 g/mol. The summed E-state index contributed by atoms with van der Waals surface area (Å²) in [7, 11) is 1.79.